The topological polar surface area (TPSA) is 9.23 Å². The molecular formula is C34H54O. The third-order valence-electron chi connectivity index (χ3n) is 12.9. The van der Waals surface area contributed by atoms with Gasteiger partial charge in [-0.3, -0.25) is 0 Å². The summed E-state index contributed by atoms with van der Waals surface area (Å²) >= 11 is 0. The van der Waals surface area contributed by atoms with Gasteiger partial charge in [0.15, 0.2) is 0 Å². The fourth-order valence-electron chi connectivity index (χ4n) is 9.62. The van der Waals surface area contributed by atoms with Crippen molar-refractivity contribution in [3.63, 3.8) is 0 Å². The first-order chi connectivity index (χ1) is 16.1. The minimum absolute atomic E-state index is 0.0960. The molecule has 0 aromatic carbocycles. The number of hydrogen-bond acceptors (Lipinski definition) is 1. The second-order valence-electron chi connectivity index (χ2n) is 14.8. The predicted octanol–water partition coefficient (Wildman–Crippen LogP) is 10.00. The lowest BCUT2D eigenvalue weighted by Gasteiger charge is -2.50. The van der Waals surface area contributed by atoms with E-state index in [1.165, 1.54) is 25.7 Å². The number of ether oxygens (including phenoxy) is 1. The maximum atomic E-state index is 7.39. The normalized spacial score (nSPS) is 38.8. The fourth-order valence-corrected chi connectivity index (χ4v) is 9.62. The Bertz CT molecular complexity index is 889. The van der Waals surface area contributed by atoms with Crippen molar-refractivity contribution in [1.29, 1.82) is 0 Å². The molecule has 4 atom stereocenters. The zero-order valence-electron chi connectivity index (χ0n) is 24.8. The average Bonchev–Trinajstić information content (AvgIpc) is 2.97. The van der Waals surface area contributed by atoms with Gasteiger partial charge in [0.25, 0.3) is 0 Å². The molecule has 4 rings (SSSR count). The maximum Gasteiger partial charge on any atom is 0.0801 e. The molecule has 4 unspecified atom stereocenters. The van der Waals surface area contributed by atoms with Gasteiger partial charge in [0.05, 0.1) is 12.2 Å². The highest BCUT2D eigenvalue weighted by Crippen LogP contribution is 2.71. The minimum Gasteiger partial charge on any atom is -0.366 e. The molecule has 4 aliphatic carbocycles. The van der Waals surface area contributed by atoms with E-state index in [4.69, 9.17) is 4.74 Å². The second kappa shape index (κ2) is 8.21. The largest absolute Gasteiger partial charge is 0.366 e. The van der Waals surface area contributed by atoms with Gasteiger partial charge in [0, 0.05) is 0 Å². The molecule has 0 aromatic heterocycles. The van der Waals surface area contributed by atoms with Crippen LogP contribution in [0.4, 0.5) is 0 Å². The Morgan fingerprint density at radius 2 is 0.971 bits per heavy atom. The van der Waals surface area contributed by atoms with Crippen molar-refractivity contribution in [1.82, 2.24) is 0 Å². The van der Waals surface area contributed by atoms with E-state index < -0.39 is 0 Å². The zero-order valence-corrected chi connectivity index (χ0v) is 24.8. The molecule has 0 spiro atoms. The smallest absolute Gasteiger partial charge is 0.0801 e. The number of hydrogen-bond donors (Lipinski definition) is 0. The minimum atomic E-state index is 0.0960. The molecule has 0 saturated heterocycles. The summed E-state index contributed by atoms with van der Waals surface area (Å²) < 4.78 is 7.39. The quantitative estimate of drug-likeness (QED) is 0.345. The van der Waals surface area contributed by atoms with Gasteiger partial charge in [-0.05, 0) is 95.0 Å². The summed E-state index contributed by atoms with van der Waals surface area (Å²) in [6, 6.07) is 0. The standard InChI is InChI=1S/C34H54O/c1-13-21-33(11)29(3,4)23-17-15-19-25(27(23)31(33,7)8)35-26-20-16-18-24-28(26)32(9,10)34(12,22-14-2)30(24,5)6/h13-14,25-26H,1-2,15-22H2,3-12H3. The zero-order chi connectivity index (χ0) is 26.2. The van der Waals surface area contributed by atoms with E-state index in [0.29, 0.717) is 0 Å². The van der Waals surface area contributed by atoms with E-state index in [1.54, 1.807) is 22.3 Å². The molecule has 0 N–H and O–H groups in total. The Kier molecular flexibility index (Phi) is 6.33. The molecule has 35 heavy (non-hydrogen) atoms. The van der Waals surface area contributed by atoms with Gasteiger partial charge in [-0.15, -0.1) is 13.2 Å². The van der Waals surface area contributed by atoms with Gasteiger partial charge in [-0.1, -0.05) is 92.5 Å². The van der Waals surface area contributed by atoms with Crippen LogP contribution in [-0.2, 0) is 4.74 Å². The lowest BCUT2D eigenvalue weighted by Crippen LogP contribution is -2.44. The van der Waals surface area contributed by atoms with Crippen LogP contribution >= 0.6 is 0 Å². The van der Waals surface area contributed by atoms with Gasteiger partial charge in [0.2, 0.25) is 0 Å². The van der Waals surface area contributed by atoms with Crippen LogP contribution in [-0.4, -0.2) is 12.2 Å². The first kappa shape index (κ1) is 27.0. The SMILES string of the molecule is C=CCC1(C)C(C)(C)C2=C(C(OC3CCCC4=C3C(C)(C)C(C)(CC=C)C4(C)C)CCC2)C1(C)C. The third kappa shape index (κ3) is 3.22. The molecule has 1 heteroatoms. The molecule has 196 valence electrons. The molecule has 0 heterocycles. The van der Waals surface area contributed by atoms with E-state index >= 15 is 0 Å². The molecule has 0 amide bonds. The lowest BCUT2D eigenvalue weighted by molar-refractivity contribution is -0.0269. The van der Waals surface area contributed by atoms with Gasteiger partial charge in [-0.25, -0.2) is 0 Å². The van der Waals surface area contributed by atoms with Crippen molar-refractivity contribution in [3.8, 4) is 0 Å². The van der Waals surface area contributed by atoms with Gasteiger partial charge in [0.1, 0.15) is 0 Å². The molecule has 0 aliphatic heterocycles. The van der Waals surface area contributed by atoms with Crippen LogP contribution in [0, 0.1) is 32.5 Å². The first-order valence-electron chi connectivity index (χ1n) is 14.4. The first-order valence-corrected chi connectivity index (χ1v) is 14.4. The summed E-state index contributed by atoms with van der Waals surface area (Å²) in [7, 11) is 0. The Labute approximate surface area is 217 Å². The van der Waals surface area contributed by atoms with Crippen LogP contribution in [0.5, 0.6) is 0 Å². The Hall–Kier alpha value is -1.08. The van der Waals surface area contributed by atoms with Crippen molar-refractivity contribution < 1.29 is 4.74 Å². The highest BCUT2D eigenvalue weighted by atomic mass is 16.5. The molecule has 0 saturated carbocycles. The molecular weight excluding hydrogens is 424 g/mol. The van der Waals surface area contributed by atoms with E-state index in [0.717, 1.165) is 25.7 Å². The summed E-state index contributed by atoms with van der Waals surface area (Å²) in [6.45, 7) is 33.3. The van der Waals surface area contributed by atoms with Crippen molar-refractivity contribution in [2.24, 2.45) is 32.5 Å². The highest BCUT2D eigenvalue weighted by Gasteiger charge is 2.64. The second-order valence-corrected chi connectivity index (χ2v) is 14.8. The molecule has 0 bridgehead atoms. The summed E-state index contributed by atoms with van der Waals surface area (Å²) in [5, 5.41) is 0. The summed E-state index contributed by atoms with van der Waals surface area (Å²) in [5.74, 6) is 0. The number of allylic oxidation sites excluding steroid dienone is 4. The lowest BCUT2D eigenvalue weighted by atomic mass is 9.55. The fraction of sp³-hybridized carbons (Fsp3) is 0.765. The highest BCUT2D eigenvalue weighted by molar-refractivity contribution is 5.45. The monoisotopic (exact) mass is 478 g/mol. The predicted molar refractivity (Wildman–Crippen MR) is 151 cm³/mol. The van der Waals surface area contributed by atoms with Crippen LogP contribution in [0.1, 0.15) is 121 Å². The van der Waals surface area contributed by atoms with Crippen LogP contribution in [0.2, 0.25) is 0 Å². The van der Waals surface area contributed by atoms with Crippen LogP contribution in [0.25, 0.3) is 0 Å². The van der Waals surface area contributed by atoms with Gasteiger partial charge in [-0.2, -0.15) is 0 Å². The van der Waals surface area contributed by atoms with Crippen LogP contribution in [0.15, 0.2) is 47.6 Å². The summed E-state index contributed by atoms with van der Waals surface area (Å²) in [6.07, 6.45) is 14.1. The summed E-state index contributed by atoms with van der Waals surface area (Å²) in [4.78, 5) is 0. The van der Waals surface area contributed by atoms with E-state index in [9.17, 15) is 0 Å². The Morgan fingerprint density at radius 1 is 0.629 bits per heavy atom. The van der Waals surface area contributed by atoms with Gasteiger partial charge < -0.3 is 4.74 Å². The molecule has 1 nitrogen and oxygen atoms in total. The maximum absolute atomic E-state index is 7.39. The molecule has 0 fully saturated rings. The van der Waals surface area contributed by atoms with Crippen molar-refractivity contribution in [2.75, 3.05) is 0 Å². The molecule has 0 aromatic rings. The molecule has 0 radical (unpaired) electrons. The van der Waals surface area contributed by atoms with Crippen molar-refractivity contribution in [2.45, 2.75) is 133 Å². The Morgan fingerprint density at radius 3 is 1.29 bits per heavy atom. The summed E-state index contributed by atoms with van der Waals surface area (Å²) in [5.41, 5.74) is 7.49. The van der Waals surface area contributed by atoms with Crippen molar-refractivity contribution >= 4 is 0 Å². The van der Waals surface area contributed by atoms with Crippen molar-refractivity contribution in [3.05, 3.63) is 47.6 Å². The average molecular weight is 479 g/mol. The Balaban J connectivity index is 1.76. The van der Waals surface area contributed by atoms with E-state index in [1.807, 2.05) is 0 Å². The van der Waals surface area contributed by atoms with Crippen LogP contribution in [0.3, 0.4) is 0 Å². The third-order valence-corrected chi connectivity index (χ3v) is 12.9. The number of rotatable bonds is 6. The van der Waals surface area contributed by atoms with E-state index in [-0.39, 0.29) is 44.7 Å². The van der Waals surface area contributed by atoms with Crippen LogP contribution < -0.4 is 0 Å². The van der Waals surface area contributed by atoms with Gasteiger partial charge >= 0.3 is 0 Å². The van der Waals surface area contributed by atoms with E-state index in [2.05, 4.69) is 94.5 Å². The molecule has 4 aliphatic rings.